The summed E-state index contributed by atoms with van der Waals surface area (Å²) < 4.78 is -1.78. The third-order valence-corrected chi connectivity index (χ3v) is 33.1. The van der Waals surface area contributed by atoms with Crippen molar-refractivity contribution in [3.8, 4) is 22.3 Å². The van der Waals surface area contributed by atoms with Gasteiger partial charge in [0, 0.05) is 0 Å². The Labute approximate surface area is 356 Å². The quantitative estimate of drug-likeness (QED) is 0.131. The van der Waals surface area contributed by atoms with Gasteiger partial charge in [-0.05, 0) is 0 Å². The van der Waals surface area contributed by atoms with Crippen LogP contribution in [-0.2, 0) is 25.8 Å². The van der Waals surface area contributed by atoms with E-state index in [0.717, 1.165) is 46.2 Å². The summed E-state index contributed by atoms with van der Waals surface area (Å²) in [6.45, 7) is 25.8. The fourth-order valence-corrected chi connectivity index (χ4v) is 30.5. The van der Waals surface area contributed by atoms with Crippen LogP contribution in [0.4, 0.5) is 0 Å². The van der Waals surface area contributed by atoms with Crippen molar-refractivity contribution in [3.63, 3.8) is 0 Å². The molecule has 305 valence electrons. The van der Waals surface area contributed by atoms with E-state index in [2.05, 4.69) is 153 Å². The zero-order valence-electron chi connectivity index (χ0n) is 36.7. The van der Waals surface area contributed by atoms with Crippen molar-refractivity contribution in [3.05, 3.63) is 127 Å². The number of amides is 2. The van der Waals surface area contributed by atoms with E-state index in [0.29, 0.717) is 11.8 Å². The number of aryl methyl sites for hydroxylation is 2. The van der Waals surface area contributed by atoms with Crippen molar-refractivity contribution >= 4 is 45.5 Å². The summed E-state index contributed by atoms with van der Waals surface area (Å²) in [6, 6.07) is 22.0. The Bertz CT molecular complexity index is 2200. The van der Waals surface area contributed by atoms with Gasteiger partial charge in [-0.15, -0.1) is 0 Å². The Hall–Kier alpha value is -3.17. The molecule has 2 amide bonds. The predicted octanol–water partition coefficient (Wildman–Crippen LogP) is 13.6. The maximum atomic E-state index is 13.8. The van der Waals surface area contributed by atoms with E-state index in [1.54, 1.807) is 0 Å². The Balaban J connectivity index is 1.74. The molecule has 0 aliphatic heterocycles. The summed E-state index contributed by atoms with van der Waals surface area (Å²) in [6.07, 6.45) is 6.73. The molecule has 2 unspecified atom stereocenters. The fourth-order valence-electron chi connectivity index (χ4n) is 9.83. The number of carbonyl (C=O) groups excluding carboxylic acids is 2. The number of halogens is 2. The van der Waals surface area contributed by atoms with Crippen LogP contribution in [0.5, 0.6) is 0 Å². The van der Waals surface area contributed by atoms with Gasteiger partial charge in [0.15, 0.2) is 0 Å². The molecule has 0 bridgehead atoms. The van der Waals surface area contributed by atoms with Gasteiger partial charge in [0.25, 0.3) is 0 Å². The van der Waals surface area contributed by atoms with E-state index >= 15 is 0 Å². The third kappa shape index (κ3) is 7.81. The first-order valence-corrected chi connectivity index (χ1v) is 31.9. The van der Waals surface area contributed by atoms with Crippen molar-refractivity contribution in [2.24, 2.45) is 11.8 Å². The van der Waals surface area contributed by atoms with Crippen LogP contribution in [0.15, 0.2) is 71.8 Å². The molecule has 0 radical (unpaired) electrons. The molecule has 2 aliphatic rings. The summed E-state index contributed by atoms with van der Waals surface area (Å²) in [7, 11) is 18.0. The zero-order chi connectivity index (χ0) is 42.5. The fraction of sp³-hybridized carbons (Fsp3) is 0.400. The molecule has 0 heterocycles. The van der Waals surface area contributed by atoms with Gasteiger partial charge < -0.3 is 0 Å². The Morgan fingerprint density at radius 3 is 1.31 bits per heavy atom. The molecule has 0 saturated heterocycles. The Kier molecular flexibility index (Phi) is 13.1. The molecule has 0 fully saturated rings. The van der Waals surface area contributed by atoms with Crippen LogP contribution in [0.25, 0.3) is 34.4 Å². The second-order valence-corrected chi connectivity index (χ2v) is 39.4. The molecule has 4 aromatic carbocycles. The summed E-state index contributed by atoms with van der Waals surface area (Å²) in [5.41, 5.74) is 19.0. The van der Waals surface area contributed by atoms with Crippen LogP contribution in [0.2, 0.25) is 0 Å². The van der Waals surface area contributed by atoms with Crippen LogP contribution in [0, 0.1) is 53.4 Å². The molecule has 4 aromatic rings. The number of allylic oxidation sites excluding steroid dienone is 2. The van der Waals surface area contributed by atoms with Gasteiger partial charge in [-0.2, -0.15) is 0 Å². The first-order valence-electron chi connectivity index (χ1n) is 21.3. The average molecular weight is 896 g/mol. The molecule has 2 aliphatic carbocycles. The van der Waals surface area contributed by atoms with E-state index < -0.39 is 27.9 Å². The molecular formula is C50H62BCl2N2O2Zr. The van der Waals surface area contributed by atoms with E-state index in [9.17, 15) is 9.59 Å². The number of hydrogen-bond acceptors (Lipinski definition) is 2. The van der Waals surface area contributed by atoms with E-state index in [1.165, 1.54) is 55.7 Å². The van der Waals surface area contributed by atoms with Crippen molar-refractivity contribution < 1.29 is 25.8 Å². The summed E-state index contributed by atoms with van der Waals surface area (Å²) in [5, 5.41) is 6.64. The number of nitrogens with one attached hydrogen (secondary N) is 2. The molecule has 8 heteroatoms. The van der Waals surface area contributed by atoms with Gasteiger partial charge in [-0.3, -0.25) is 0 Å². The molecule has 4 nitrogen and oxygen atoms in total. The first-order chi connectivity index (χ1) is 27.3. The van der Waals surface area contributed by atoms with E-state index in [1.807, 2.05) is 13.8 Å². The number of benzene rings is 4. The van der Waals surface area contributed by atoms with Gasteiger partial charge in [-0.1, -0.05) is 0 Å². The maximum absolute atomic E-state index is 13.8. The minimum atomic E-state index is -6.07. The van der Waals surface area contributed by atoms with E-state index in [-0.39, 0.29) is 24.7 Å². The normalized spacial score (nSPS) is 16.7. The molecule has 0 aromatic heterocycles. The molecule has 6 rings (SSSR count). The van der Waals surface area contributed by atoms with Crippen LogP contribution < -0.4 is 10.5 Å². The van der Waals surface area contributed by atoms with Crippen molar-refractivity contribution in [2.45, 2.75) is 116 Å². The topological polar surface area (TPSA) is 58.2 Å². The molecule has 0 spiro atoms. The molecule has 58 heavy (non-hydrogen) atoms. The second-order valence-electron chi connectivity index (χ2n) is 18.0. The summed E-state index contributed by atoms with van der Waals surface area (Å²) >= 11 is -6.07. The van der Waals surface area contributed by atoms with Crippen LogP contribution in [-0.4, -0.2) is 16.3 Å². The second kappa shape index (κ2) is 17.1. The summed E-state index contributed by atoms with van der Waals surface area (Å²) in [4.78, 5) is 27.6. The van der Waals surface area contributed by atoms with Gasteiger partial charge in [0.05, 0.1) is 0 Å². The van der Waals surface area contributed by atoms with Crippen LogP contribution in [0.3, 0.4) is 0 Å². The first kappa shape index (κ1) is 44.4. The van der Waals surface area contributed by atoms with Gasteiger partial charge in [-0.25, -0.2) is 0 Å². The van der Waals surface area contributed by atoms with Gasteiger partial charge in [0.1, 0.15) is 0 Å². The van der Waals surface area contributed by atoms with Crippen molar-refractivity contribution in [1.29, 1.82) is 0 Å². The SMILES string of the molecule is CCC(=O)N[B](NC(=O)CC)[Zr]([Cl])([Cl])([CH]1C(CC(C)C)=Cc2c(-c3ccc(C)c(C)c3C)cccc21)[CH]1C(CC(C)C)=Cc2c(-c3ccc(C)c(C)c3C)cccc21. The number of fused-ring (bicyclic) bond motifs is 2. The molecular weight excluding hydrogens is 834 g/mol. The number of rotatable bonds is 13. The minimum absolute atomic E-state index is 0.192. The van der Waals surface area contributed by atoms with Gasteiger partial charge >= 0.3 is 359 Å². The Morgan fingerprint density at radius 2 is 0.966 bits per heavy atom. The third-order valence-electron chi connectivity index (χ3n) is 13.2. The molecule has 0 saturated carbocycles. The Morgan fingerprint density at radius 1 is 0.586 bits per heavy atom. The van der Waals surface area contributed by atoms with Crippen molar-refractivity contribution in [1.82, 2.24) is 10.5 Å². The van der Waals surface area contributed by atoms with Crippen LogP contribution in [0.1, 0.15) is 130 Å². The van der Waals surface area contributed by atoms with Crippen molar-refractivity contribution in [2.75, 3.05) is 0 Å². The predicted molar refractivity (Wildman–Crippen MR) is 247 cm³/mol. The van der Waals surface area contributed by atoms with Crippen LogP contribution >= 0.6 is 17.0 Å². The molecule has 2 atom stereocenters. The van der Waals surface area contributed by atoms with E-state index in [4.69, 9.17) is 17.0 Å². The number of hydrogen-bond donors (Lipinski definition) is 2. The number of carbonyl (C=O) groups is 2. The molecule has 2 N–H and O–H groups in total. The monoisotopic (exact) mass is 893 g/mol. The zero-order valence-corrected chi connectivity index (χ0v) is 40.7. The summed E-state index contributed by atoms with van der Waals surface area (Å²) in [5.74, 6) is 0.221. The standard InChI is InChI=1S/2C22H25.C6H11BN2O2.2ClH.Zr/c2*1-14(2)11-18-12-19-7-6-8-21(22(19)13-18)20-10-9-15(3)16(4)17(20)5;1-3-5(10)8-7-9-6(11)4-2;;;/h2*6-10,12-14H,11H2,1-5H3;3-4H2,1-2H3,(H-,8,9,10,11);2*1H;/q;;;;;+1/p-1. The van der Waals surface area contributed by atoms with Gasteiger partial charge in [0.2, 0.25) is 0 Å². The average Bonchev–Trinajstić information content (AvgIpc) is 3.74.